The fraction of sp³-hybridized carbons (Fsp3) is 1.00. The highest BCUT2D eigenvalue weighted by molar-refractivity contribution is 4.58. The lowest BCUT2D eigenvalue weighted by Crippen LogP contribution is -2.18. The van der Waals surface area contributed by atoms with Gasteiger partial charge in [0.1, 0.15) is 0 Å². The van der Waals surface area contributed by atoms with Crippen molar-refractivity contribution in [3.8, 4) is 0 Å². The van der Waals surface area contributed by atoms with E-state index in [0.717, 1.165) is 20.3 Å². The molecule has 0 radical (unpaired) electrons. The van der Waals surface area contributed by atoms with Crippen LogP contribution in [0.15, 0.2) is 0 Å². The lowest BCUT2D eigenvalue weighted by molar-refractivity contribution is -0.125. The molecule has 1 rings (SSSR count). The van der Waals surface area contributed by atoms with Crippen LogP contribution in [0.5, 0.6) is 0 Å². The molecule has 1 saturated heterocycles. The Labute approximate surface area is 55.6 Å². The summed E-state index contributed by atoms with van der Waals surface area (Å²) >= 11 is 0. The van der Waals surface area contributed by atoms with E-state index in [-0.39, 0.29) is 5.79 Å². The van der Waals surface area contributed by atoms with Gasteiger partial charge in [0.15, 0.2) is 5.79 Å². The quantitative estimate of drug-likeness (QED) is 0.520. The number of rotatable bonds is 0. The summed E-state index contributed by atoms with van der Waals surface area (Å²) in [6.45, 7) is 5.32. The Morgan fingerprint density at radius 1 is 1.11 bits per heavy atom. The minimum atomic E-state index is -0.306. The summed E-state index contributed by atoms with van der Waals surface area (Å²) in [6, 6.07) is 0. The number of ether oxygens (including phenoxy) is 2. The second kappa shape index (κ2) is 3.82. The predicted molar refractivity (Wildman–Crippen MR) is 34.1 cm³/mol. The molecule has 0 unspecified atom stereocenters. The smallest absolute Gasteiger partial charge is 0.162 e. The Bertz CT molecular complexity index is 62.7. The van der Waals surface area contributed by atoms with Gasteiger partial charge >= 0.3 is 0 Å². The van der Waals surface area contributed by atoms with Crippen LogP contribution in [0.3, 0.4) is 0 Å². The summed E-state index contributed by atoms with van der Waals surface area (Å²) in [6.07, 6.45) is 0. The standard InChI is InChI=1S/C5H10O2.CH4O/c1-5(2)6-3-4-7-5;1-2/h3-4H2,1-2H3;2H,1H3. The SMILES string of the molecule is CC1(C)OCCO1.CO. The monoisotopic (exact) mass is 134 g/mol. The molecule has 1 heterocycles. The lowest BCUT2D eigenvalue weighted by Gasteiger charge is -2.13. The zero-order valence-electron chi connectivity index (χ0n) is 6.18. The Kier molecular flexibility index (Phi) is 3.77. The van der Waals surface area contributed by atoms with Gasteiger partial charge in [-0.3, -0.25) is 0 Å². The van der Waals surface area contributed by atoms with Crippen LogP contribution in [0, 0.1) is 0 Å². The first-order chi connectivity index (χ1) is 4.21. The molecule has 0 saturated carbocycles. The van der Waals surface area contributed by atoms with Crippen molar-refractivity contribution in [1.82, 2.24) is 0 Å². The zero-order chi connectivity index (χ0) is 7.33. The van der Waals surface area contributed by atoms with Crippen molar-refractivity contribution in [3.63, 3.8) is 0 Å². The molecule has 0 spiro atoms. The fourth-order valence-corrected chi connectivity index (χ4v) is 0.617. The fourth-order valence-electron chi connectivity index (χ4n) is 0.617. The van der Waals surface area contributed by atoms with Crippen LogP contribution in [0.4, 0.5) is 0 Å². The van der Waals surface area contributed by atoms with Gasteiger partial charge in [-0.1, -0.05) is 0 Å². The minimum Gasteiger partial charge on any atom is -0.400 e. The van der Waals surface area contributed by atoms with Crippen LogP contribution in [0.1, 0.15) is 13.8 Å². The molecule has 0 aromatic carbocycles. The Balaban J connectivity index is 0.000000291. The van der Waals surface area contributed by atoms with Crippen molar-refractivity contribution in [2.75, 3.05) is 20.3 Å². The lowest BCUT2D eigenvalue weighted by atomic mass is 10.4. The van der Waals surface area contributed by atoms with E-state index >= 15 is 0 Å². The first kappa shape index (κ1) is 8.88. The molecule has 0 aromatic rings. The maximum Gasteiger partial charge on any atom is 0.162 e. The van der Waals surface area contributed by atoms with E-state index in [1.165, 1.54) is 0 Å². The molecule has 0 amide bonds. The van der Waals surface area contributed by atoms with E-state index in [1.807, 2.05) is 13.8 Å². The van der Waals surface area contributed by atoms with Gasteiger partial charge in [0.2, 0.25) is 0 Å². The van der Waals surface area contributed by atoms with E-state index < -0.39 is 0 Å². The topological polar surface area (TPSA) is 38.7 Å². The number of aliphatic hydroxyl groups is 1. The van der Waals surface area contributed by atoms with Crippen molar-refractivity contribution >= 4 is 0 Å². The van der Waals surface area contributed by atoms with Gasteiger partial charge in [-0.15, -0.1) is 0 Å². The number of hydrogen-bond acceptors (Lipinski definition) is 3. The summed E-state index contributed by atoms with van der Waals surface area (Å²) < 4.78 is 10.2. The second-order valence-corrected chi connectivity index (χ2v) is 2.10. The van der Waals surface area contributed by atoms with Crippen molar-refractivity contribution in [2.45, 2.75) is 19.6 Å². The van der Waals surface area contributed by atoms with Crippen LogP contribution in [0.2, 0.25) is 0 Å². The van der Waals surface area contributed by atoms with Crippen LogP contribution in [-0.4, -0.2) is 31.2 Å². The Morgan fingerprint density at radius 3 is 1.56 bits per heavy atom. The normalized spacial score (nSPS) is 22.7. The molecule has 9 heavy (non-hydrogen) atoms. The van der Waals surface area contributed by atoms with Gasteiger partial charge < -0.3 is 14.6 Å². The molecule has 1 aliphatic rings. The maximum atomic E-state index is 7.00. The van der Waals surface area contributed by atoms with Crippen molar-refractivity contribution in [2.24, 2.45) is 0 Å². The van der Waals surface area contributed by atoms with Gasteiger partial charge in [-0.2, -0.15) is 0 Å². The second-order valence-electron chi connectivity index (χ2n) is 2.10. The molecule has 0 bridgehead atoms. The molecule has 3 nitrogen and oxygen atoms in total. The van der Waals surface area contributed by atoms with Crippen molar-refractivity contribution in [1.29, 1.82) is 0 Å². The van der Waals surface area contributed by atoms with Crippen LogP contribution < -0.4 is 0 Å². The van der Waals surface area contributed by atoms with Gasteiger partial charge in [0.25, 0.3) is 0 Å². The molecule has 0 aromatic heterocycles. The zero-order valence-corrected chi connectivity index (χ0v) is 6.18. The highest BCUT2D eigenvalue weighted by Crippen LogP contribution is 2.15. The molecule has 0 aliphatic carbocycles. The minimum absolute atomic E-state index is 0.306. The summed E-state index contributed by atoms with van der Waals surface area (Å²) in [4.78, 5) is 0. The first-order valence-corrected chi connectivity index (χ1v) is 2.93. The predicted octanol–water partition coefficient (Wildman–Crippen LogP) is 0.378. The maximum absolute atomic E-state index is 7.00. The average Bonchev–Trinajstić information content (AvgIpc) is 2.19. The van der Waals surface area contributed by atoms with E-state index in [2.05, 4.69) is 0 Å². The largest absolute Gasteiger partial charge is 0.400 e. The van der Waals surface area contributed by atoms with Gasteiger partial charge in [0, 0.05) is 7.11 Å². The third kappa shape index (κ3) is 3.46. The van der Waals surface area contributed by atoms with Crippen LogP contribution in [0.25, 0.3) is 0 Å². The molecule has 3 heteroatoms. The third-order valence-electron chi connectivity index (χ3n) is 0.983. The molecular formula is C6H14O3. The van der Waals surface area contributed by atoms with Crippen LogP contribution >= 0.6 is 0 Å². The first-order valence-electron chi connectivity index (χ1n) is 2.93. The van der Waals surface area contributed by atoms with Crippen molar-refractivity contribution < 1.29 is 14.6 Å². The van der Waals surface area contributed by atoms with E-state index in [1.54, 1.807) is 0 Å². The highest BCUT2D eigenvalue weighted by atomic mass is 16.7. The van der Waals surface area contributed by atoms with Crippen molar-refractivity contribution in [3.05, 3.63) is 0 Å². The molecule has 0 atom stereocenters. The number of hydrogen-bond donors (Lipinski definition) is 1. The molecule has 56 valence electrons. The highest BCUT2D eigenvalue weighted by Gasteiger charge is 2.23. The molecular weight excluding hydrogens is 120 g/mol. The van der Waals surface area contributed by atoms with Gasteiger partial charge in [0.05, 0.1) is 13.2 Å². The number of aliphatic hydroxyl groups excluding tert-OH is 1. The van der Waals surface area contributed by atoms with Gasteiger partial charge in [-0.05, 0) is 13.8 Å². The van der Waals surface area contributed by atoms with Gasteiger partial charge in [-0.25, -0.2) is 0 Å². The van der Waals surface area contributed by atoms with E-state index in [0.29, 0.717) is 0 Å². The third-order valence-corrected chi connectivity index (χ3v) is 0.983. The van der Waals surface area contributed by atoms with E-state index in [4.69, 9.17) is 14.6 Å². The summed E-state index contributed by atoms with van der Waals surface area (Å²) in [7, 11) is 1.00. The summed E-state index contributed by atoms with van der Waals surface area (Å²) in [5, 5.41) is 7.00. The Hall–Kier alpha value is -0.120. The summed E-state index contributed by atoms with van der Waals surface area (Å²) in [5.41, 5.74) is 0. The van der Waals surface area contributed by atoms with E-state index in [9.17, 15) is 0 Å². The molecule has 1 fully saturated rings. The summed E-state index contributed by atoms with van der Waals surface area (Å²) in [5.74, 6) is -0.306. The Morgan fingerprint density at radius 2 is 1.44 bits per heavy atom. The molecule has 1 aliphatic heterocycles. The average molecular weight is 134 g/mol. The molecule has 1 N–H and O–H groups in total. The van der Waals surface area contributed by atoms with Crippen LogP contribution in [-0.2, 0) is 9.47 Å².